The third-order valence-electron chi connectivity index (χ3n) is 1.64. The maximum atomic E-state index is 10.7. The van der Waals surface area contributed by atoms with Gasteiger partial charge in [0.25, 0.3) is 0 Å². The molecule has 2 rings (SSSR count). The van der Waals surface area contributed by atoms with E-state index in [9.17, 15) is 4.79 Å². The van der Waals surface area contributed by atoms with E-state index >= 15 is 0 Å². The van der Waals surface area contributed by atoms with Crippen LogP contribution in [-0.2, 0) is 28.0 Å². The molecule has 0 saturated carbocycles. The van der Waals surface area contributed by atoms with E-state index in [0.29, 0.717) is 7.12 Å². The first-order valence-corrected chi connectivity index (χ1v) is 5.69. The molecule has 0 N–H and O–H groups in total. The zero-order valence-corrected chi connectivity index (χ0v) is 9.65. The van der Waals surface area contributed by atoms with E-state index in [4.69, 9.17) is 0 Å². The summed E-state index contributed by atoms with van der Waals surface area (Å²) < 4.78 is 1.08. The summed E-state index contributed by atoms with van der Waals surface area (Å²) in [5, 5.41) is 0. The van der Waals surface area contributed by atoms with Crippen LogP contribution in [0.3, 0.4) is 0 Å². The molecule has 1 heterocycles. The molecule has 1 saturated heterocycles. The molecule has 0 bridgehead atoms. The number of halogens is 2. The first-order valence-electron chi connectivity index (χ1n) is 3.04. The van der Waals surface area contributed by atoms with Crippen LogP contribution < -0.4 is 24.8 Å². The molecular formula is C7H6Cl2OZr. The van der Waals surface area contributed by atoms with E-state index < -0.39 is 23.2 Å². The number of hydrogen-bond acceptors (Lipinski definition) is 1. The van der Waals surface area contributed by atoms with Crippen LogP contribution in [0.25, 0.3) is 0 Å². The number of allylic oxidation sites excluding steroid dienone is 4. The van der Waals surface area contributed by atoms with Gasteiger partial charge in [0, 0.05) is 0 Å². The van der Waals surface area contributed by atoms with E-state index in [2.05, 4.69) is 18.2 Å². The Hall–Kier alpha value is 0.613. The van der Waals surface area contributed by atoms with E-state index in [1.54, 1.807) is 0 Å². The first kappa shape index (κ1) is 11.6. The second-order valence-corrected chi connectivity index (χ2v) is 5.66. The predicted molar refractivity (Wildman–Crippen MR) is 30.6 cm³/mol. The monoisotopic (exact) mass is 266 g/mol. The molecule has 4 heteroatoms. The van der Waals surface area contributed by atoms with E-state index in [-0.39, 0.29) is 24.8 Å². The minimum absolute atomic E-state index is 0. The van der Waals surface area contributed by atoms with Crippen LogP contribution in [0.4, 0.5) is 0 Å². The van der Waals surface area contributed by atoms with Gasteiger partial charge in [-0.2, -0.15) is 0 Å². The van der Waals surface area contributed by atoms with Gasteiger partial charge >= 0.3 is 65.4 Å². The Kier molecular flexibility index (Phi) is 4.85. The van der Waals surface area contributed by atoms with Gasteiger partial charge in [0.15, 0.2) is 0 Å². The number of carbonyl (C=O) groups is 1. The Balaban J connectivity index is 0.000000500. The first-order chi connectivity index (χ1) is 4.38. The van der Waals surface area contributed by atoms with Crippen molar-refractivity contribution in [3.8, 4) is 0 Å². The molecule has 0 amide bonds. The van der Waals surface area contributed by atoms with Gasteiger partial charge in [-0.15, -0.1) is 0 Å². The van der Waals surface area contributed by atoms with Crippen LogP contribution in [0.15, 0.2) is 23.8 Å². The van der Waals surface area contributed by atoms with Crippen molar-refractivity contribution in [1.29, 1.82) is 0 Å². The third-order valence-corrected chi connectivity index (χ3v) is 4.55. The molecule has 11 heavy (non-hydrogen) atoms. The van der Waals surface area contributed by atoms with Crippen LogP contribution in [0, 0.1) is 0 Å². The van der Waals surface area contributed by atoms with Gasteiger partial charge in [0.05, 0.1) is 0 Å². The molecule has 1 aliphatic carbocycles. The van der Waals surface area contributed by atoms with Gasteiger partial charge in [0.2, 0.25) is 0 Å². The quantitative estimate of drug-likeness (QED) is 0.467. The normalized spacial score (nSPS) is 23.8. The van der Waals surface area contributed by atoms with E-state index in [1.807, 2.05) is 0 Å². The Bertz CT molecular complexity index is 222. The number of hydrogen-bond donors (Lipinski definition) is 0. The van der Waals surface area contributed by atoms with Gasteiger partial charge in [-0.25, -0.2) is 0 Å². The molecule has 0 radical (unpaired) electrons. The van der Waals surface area contributed by atoms with Crippen molar-refractivity contribution in [2.24, 2.45) is 0 Å². The van der Waals surface area contributed by atoms with Crippen molar-refractivity contribution >= 4 is 3.49 Å². The smallest absolute Gasteiger partial charge is 1.00 e. The molecule has 0 aromatic heterocycles. The zero-order valence-electron chi connectivity index (χ0n) is 5.68. The molecule has 1 atom stereocenters. The molecule has 1 aliphatic heterocycles. The zero-order chi connectivity index (χ0) is 6.27. The van der Waals surface area contributed by atoms with E-state index in [1.165, 1.54) is 5.57 Å². The van der Waals surface area contributed by atoms with Gasteiger partial charge < -0.3 is 24.8 Å². The molecule has 2 aliphatic rings. The van der Waals surface area contributed by atoms with Crippen molar-refractivity contribution in [2.75, 3.05) is 0 Å². The molecule has 58 valence electrons. The van der Waals surface area contributed by atoms with Crippen LogP contribution in [0.2, 0.25) is 3.63 Å². The Morgan fingerprint density at radius 2 is 2.09 bits per heavy atom. The average Bonchev–Trinajstić information content (AvgIpc) is 2.44. The largest absolute Gasteiger partial charge is 1.00 e. The second-order valence-electron chi connectivity index (χ2n) is 2.32. The summed E-state index contributed by atoms with van der Waals surface area (Å²) in [5.74, 6) is 0. The van der Waals surface area contributed by atoms with Gasteiger partial charge in [-0.3, -0.25) is 0 Å². The van der Waals surface area contributed by atoms with Crippen molar-refractivity contribution in [3.63, 3.8) is 0 Å². The minimum Gasteiger partial charge on any atom is -1.00 e. The molecule has 1 nitrogen and oxygen atoms in total. The van der Waals surface area contributed by atoms with Gasteiger partial charge in [-0.05, 0) is 0 Å². The van der Waals surface area contributed by atoms with Crippen LogP contribution in [-0.4, -0.2) is 3.49 Å². The fraction of sp³-hybridized carbons (Fsp3) is 0.286. The van der Waals surface area contributed by atoms with Crippen LogP contribution in [0.1, 0.15) is 6.42 Å². The van der Waals surface area contributed by atoms with Crippen LogP contribution in [0.5, 0.6) is 0 Å². The van der Waals surface area contributed by atoms with Gasteiger partial charge in [-0.1, -0.05) is 0 Å². The number of carbonyl (C=O) groups excluding carboxylic acids is 1. The summed E-state index contributed by atoms with van der Waals surface area (Å²) in [6, 6.07) is 0. The van der Waals surface area contributed by atoms with Crippen molar-refractivity contribution in [2.45, 2.75) is 10.0 Å². The Morgan fingerprint density at radius 3 is 2.45 bits per heavy atom. The van der Waals surface area contributed by atoms with Gasteiger partial charge in [0.1, 0.15) is 0 Å². The topological polar surface area (TPSA) is 17.1 Å². The summed E-state index contributed by atoms with van der Waals surface area (Å²) in [4.78, 5) is 10.7. The maximum absolute atomic E-state index is 10.7. The summed E-state index contributed by atoms with van der Waals surface area (Å²) in [7, 11) is 0. The molecule has 1 unspecified atom stereocenters. The second kappa shape index (κ2) is 4.59. The third kappa shape index (κ3) is 2.54. The molecular weight excluding hydrogens is 262 g/mol. The summed E-state index contributed by atoms with van der Waals surface area (Å²) >= 11 is -0.511. The fourth-order valence-electron chi connectivity index (χ4n) is 1.04. The average molecular weight is 268 g/mol. The van der Waals surface area contributed by atoms with Crippen molar-refractivity contribution < 1.29 is 52.8 Å². The molecule has 0 spiro atoms. The summed E-state index contributed by atoms with van der Waals surface area (Å²) in [5.41, 5.74) is 1.40. The molecule has 0 aromatic rings. The standard InChI is InChI=1S/C7H6O.2ClH.Zr/c8-6-5-7-3-1-2-4-7;;;/h1-3,5H,4H2;2*1H;/q;;;+2/p-2. The summed E-state index contributed by atoms with van der Waals surface area (Å²) in [6.07, 6.45) is 7.34. The Labute approximate surface area is 89.7 Å². The summed E-state index contributed by atoms with van der Waals surface area (Å²) in [6.45, 7) is 0. The van der Waals surface area contributed by atoms with E-state index in [0.717, 1.165) is 6.42 Å². The SMILES string of the molecule is O=[C]1[Zr+2][CH]1C1=CC=CC1.[Cl-].[Cl-]. The Morgan fingerprint density at radius 1 is 1.45 bits per heavy atom. The number of rotatable bonds is 1. The predicted octanol–water partition coefficient (Wildman–Crippen LogP) is -4.71. The molecule has 0 aromatic carbocycles. The minimum atomic E-state index is -0.511. The maximum Gasteiger partial charge on any atom is -1.00 e. The molecule has 1 fully saturated rings. The fourth-order valence-corrected chi connectivity index (χ4v) is 2.97. The van der Waals surface area contributed by atoms with Crippen LogP contribution >= 0.6 is 0 Å². The van der Waals surface area contributed by atoms with Crippen molar-refractivity contribution in [3.05, 3.63) is 23.8 Å². The van der Waals surface area contributed by atoms with Crippen molar-refractivity contribution in [1.82, 2.24) is 0 Å².